The van der Waals surface area contributed by atoms with Gasteiger partial charge in [-0.15, -0.1) is 11.6 Å². The zero-order valence-corrected chi connectivity index (χ0v) is 16.4. The summed E-state index contributed by atoms with van der Waals surface area (Å²) in [7, 11) is 1.66. The summed E-state index contributed by atoms with van der Waals surface area (Å²) < 4.78 is 5.41. The monoisotopic (exact) mass is 380 g/mol. The van der Waals surface area contributed by atoms with Crippen molar-refractivity contribution in [1.29, 1.82) is 0 Å². The van der Waals surface area contributed by atoms with Crippen LogP contribution < -0.4 is 10.1 Å². The Bertz CT molecular complexity index is 600. The Kier molecular flexibility index (Phi) is 8.23. The first-order valence-corrected chi connectivity index (χ1v) is 9.82. The van der Waals surface area contributed by atoms with E-state index in [4.69, 9.17) is 16.3 Å². The standard InChI is InChI=1S/C20H29ClN2O3/c1-15(17-5-3-4-6-18(17)26-2)13-20(25)23-11-8-16(9-12-23)7-10-22-19(24)14-21/h3-6,15-16H,7-14H2,1-2H3,(H,22,24). The Morgan fingerprint density at radius 1 is 1.31 bits per heavy atom. The highest BCUT2D eigenvalue weighted by Gasteiger charge is 2.24. The molecule has 1 aliphatic rings. The van der Waals surface area contributed by atoms with Crippen LogP contribution in [0, 0.1) is 5.92 Å². The molecule has 0 aliphatic carbocycles. The molecular weight excluding hydrogens is 352 g/mol. The predicted molar refractivity (Wildman–Crippen MR) is 104 cm³/mol. The molecule has 1 fully saturated rings. The van der Waals surface area contributed by atoms with E-state index in [1.165, 1.54) is 0 Å². The summed E-state index contributed by atoms with van der Waals surface area (Å²) in [5.41, 5.74) is 1.08. The first kappa shape index (κ1) is 20.6. The fraction of sp³-hybridized carbons (Fsp3) is 0.600. The van der Waals surface area contributed by atoms with E-state index in [0.717, 1.165) is 43.7 Å². The summed E-state index contributed by atoms with van der Waals surface area (Å²) in [6.45, 7) is 4.33. The second kappa shape index (κ2) is 10.4. The van der Waals surface area contributed by atoms with Crippen LogP contribution in [0.4, 0.5) is 0 Å². The Hall–Kier alpha value is -1.75. The predicted octanol–water partition coefficient (Wildman–Crippen LogP) is 3.17. The molecule has 6 heteroatoms. The molecular formula is C20H29ClN2O3. The van der Waals surface area contributed by atoms with E-state index in [2.05, 4.69) is 12.2 Å². The zero-order valence-electron chi connectivity index (χ0n) is 15.7. The van der Waals surface area contributed by atoms with Crippen LogP contribution in [0.1, 0.15) is 44.1 Å². The zero-order chi connectivity index (χ0) is 18.9. The van der Waals surface area contributed by atoms with Gasteiger partial charge in [-0.2, -0.15) is 0 Å². The van der Waals surface area contributed by atoms with Crippen molar-refractivity contribution in [1.82, 2.24) is 10.2 Å². The Labute approximate surface area is 161 Å². The lowest BCUT2D eigenvalue weighted by atomic mass is 9.92. The van der Waals surface area contributed by atoms with Gasteiger partial charge in [-0.1, -0.05) is 25.1 Å². The molecule has 26 heavy (non-hydrogen) atoms. The van der Waals surface area contributed by atoms with Crippen LogP contribution in [0.5, 0.6) is 5.75 Å². The number of halogens is 1. The fourth-order valence-corrected chi connectivity index (χ4v) is 3.60. The molecule has 0 aromatic heterocycles. The SMILES string of the molecule is COc1ccccc1C(C)CC(=O)N1CCC(CCNC(=O)CCl)CC1. The molecule has 1 atom stereocenters. The number of hydrogen-bond donors (Lipinski definition) is 1. The van der Waals surface area contributed by atoms with Gasteiger partial charge in [0, 0.05) is 26.1 Å². The fourth-order valence-electron chi connectivity index (χ4n) is 3.51. The van der Waals surface area contributed by atoms with E-state index in [9.17, 15) is 9.59 Å². The van der Waals surface area contributed by atoms with Crippen molar-refractivity contribution < 1.29 is 14.3 Å². The Morgan fingerprint density at radius 3 is 2.65 bits per heavy atom. The van der Waals surface area contributed by atoms with Crippen LogP contribution in [-0.2, 0) is 9.59 Å². The summed E-state index contributed by atoms with van der Waals surface area (Å²) in [5.74, 6) is 1.62. The molecule has 5 nitrogen and oxygen atoms in total. The van der Waals surface area contributed by atoms with E-state index in [1.807, 2.05) is 29.2 Å². The van der Waals surface area contributed by atoms with E-state index < -0.39 is 0 Å². The topological polar surface area (TPSA) is 58.6 Å². The molecule has 1 heterocycles. The third-order valence-electron chi connectivity index (χ3n) is 5.11. The summed E-state index contributed by atoms with van der Waals surface area (Å²) in [6.07, 6.45) is 3.43. The minimum Gasteiger partial charge on any atom is -0.496 e. The molecule has 2 rings (SSSR count). The number of carbonyl (C=O) groups excluding carboxylic acids is 2. The number of nitrogens with one attached hydrogen (secondary N) is 1. The highest BCUT2D eigenvalue weighted by molar-refractivity contribution is 6.27. The van der Waals surface area contributed by atoms with Crippen LogP contribution in [-0.4, -0.2) is 49.3 Å². The van der Waals surface area contributed by atoms with Gasteiger partial charge in [-0.05, 0) is 42.7 Å². The first-order chi connectivity index (χ1) is 12.5. The lowest BCUT2D eigenvalue weighted by Gasteiger charge is -2.33. The molecule has 2 amide bonds. The van der Waals surface area contributed by atoms with Gasteiger partial charge in [0.1, 0.15) is 11.6 Å². The van der Waals surface area contributed by atoms with Crippen molar-refractivity contribution >= 4 is 23.4 Å². The van der Waals surface area contributed by atoms with Crippen LogP contribution in [0.25, 0.3) is 0 Å². The van der Waals surface area contributed by atoms with Crippen molar-refractivity contribution in [2.45, 2.75) is 38.5 Å². The summed E-state index contributed by atoms with van der Waals surface area (Å²) in [5, 5.41) is 2.81. The van der Waals surface area contributed by atoms with Crippen LogP contribution in [0.2, 0.25) is 0 Å². The number of para-hydroxylation sites is 1. The highest BCUT2D eigenvalue weighted by Crippen LogP contribution is 2.29. The van der Waals surface area contributed by atoms with Crippen LogP contribution in [0.3, 0.4) is 0 Å². The van der Waals surface area contributed by atoms with Gasteiger partial charge in [-0.25, -0.2) is 0 Å². The van der Waals surface area contributed by atoms with Gasteiger partial charge in [0.05, 0.1) is 7.11 Å². The minimum absolute atomic E-state index is 0.0112. The highest BCUT2D eigenvalue weighted by atomic mass is 35.5. The van der Waals surface area contributed by atoms with Gasteiger partial charge in [0.15, 0.2) is 0 Å². The van der Waals surface area contributed by atoms with E-state index >= 15 is 0 Å². The number of hydrogen-bond acceptors (Lipinski definition) is 3. The second-order valence-electron chi connectivity index (χ2n) is 6.94. The van der Waals surface area contributed by atoms with E-state index in [1.54, 1.807) is 7.11 Å². The Morgan fingerprint density at radius 2 is 2.00 bits per heavy atom. The molecule has 1 aromatic carbocycles. The third kappa shape index (κ3) is 5.90. The Balaban J connectivity index is 1.76. The van der Waals surface area contributed by atoms with Gasteiger partial charge in [0.2, 0.25) is 11.8 Å². The summed E-state index contributed by atoms with van der Waals surface area (Å²) in [6, 6.07) is 7.88. The molecule has 0 spiro atoms. The number of ether oxygens (including phenoxy) is 1. The van der Waals surface area contributed by atoms with E-state index in [-0.39, 0.29) is 23.6 Å². The van der Waals surface area contributed by atoms with Crippen molar-refractivity contribution in [2.24, 2.45) is 5.92 Å². The number of alkyl halides is 1. The number of methoxy groups -OCH3 is 1. The van der Waals surface area contributed by atoms with Crippen molar-refractivity contribution in [2.75, 3.05) is 32.6 Å². The number of benzene rings is 1. The van der Waals surface area contributed by atoms with Crippen molar-refractivity contribution in [3.8, 4) is 5.75 Å². The molecule has 1 N–H and O–H groups in total. The number of likely N-dealkylation sites (tertiary alicyclic amines) is 1. The first-order valence-electron chi connectivity index (χ1n) is 9.28. The normalized spacial score (nSPS) is 16.2. The van der Waals surface area contributed by atoms with E-state index in [0.29, 0.717) is 18.9 Å². The van der Waals surface area contributed by atoms with Gasteiger partial charge in [0.25, 0.3) is 0 Å². The second-order valence-corrected chi connectivity index (χ2v) is 7.21. The number of amides is 2. The molecule has 1 saturated heterocycles. The number of piperidine rings is 1. The number of rotatable bonds is 8. The lowest BCUT2D eigenvalue weighted by Crippen LogP contribution is -2.39. The average molecular weight is 381 g/mol. The maximum Gasteiger partial charge on any atom is 0.234 e. The van der Waals surface area contributed by atoms with Gasteiger partial charge >= 0.3 is 0 Å². The van der Waals surface area contributed by atoms with Crippen LogP contribution >= 0.6 is 11.6 Å². The molecule has 1 aliphatic heterocycles. The van der Waals surface area contributed by atoms with Crippen LogP contribution in [0.15, 0.2) is 24.3 Å². The maximum absolute atomic E-state index is 12.6. The molecule has 0 radical (unpaired) electrons. The molecule has 0 saturated carbocycles. The smallest absolute Gasteiger partial charge is 0.234 e. The molecule has 144 valence electrons. The van der Waals surface area contributed by atoms with Crippen molar-refractivity contribution in [3.05, 3.63) is 29.8 Å². The quantitative estimate of drug-likeness (QED) is 0.705. The maximum atomic E-state index is 12.6. The van der Waals surface area contributed by atoms with Gasteiger partial charge in [-0.3, -0.25) is 9.59 Å². The largest absolute Gasteiger partial charge is 0.496 e. The molecule has 1 unspecified atom stereocenters. The number of nitrogens with zero attached hydrogens (tertiary/aromatic N) is 1. The van der Waals surface area contributed by atoms with Crippen molar-refractivity contribution in [3.63, 3.8) is 0 Å². The number of carbonyl (C=O) groups is 2. The molecule has 1 aromatic rings. The third-order valence-corrected chi connectivity index (χ3v) is 5.36. The summed E-state index contributed by atoms with van der Waals surface area (Å²) in [4.78, 5) is 25.8. The molecule has 0 bridgehead atoms. The minimum atomic E-state index is -0.121. The average Bonchev–Trinajstić information content (AvgIpc) is 2.68. The lowest BCUT2D eigenvalue weighted by molar-refractivity contribution is -0.132. The van der Waals surface area contributed by atoms with Gasteiger partial charge < -0.3 is 15.0 Å². The summed E-state index contributed by atoms with van der Waals surface area (Å²) >= 11 is 5.47.